The van der Waals surface area contributed by atoms with Crippen LogP contribution in [0.25, 0.3) is 0 Å². The number of nitrogens with zero attached hydrogens (tertiary/aromatic N) is 3. The lowest BCUT2D eigenvalue weighted by atomic mass is 10.2. The smallest absolute Gasteiger partial charge is 0.191 e. The molecule has 1 aromatic heterocycles. The zero-order valence-corrected chi connectivity index (χ0v) is 16.1. The van der Waals surface area contributed by atoms with Gasteiger partial charge in [-0.1, -0.05) is 0 Å². The molecule has 1 saturated heterocycles. The monoisotopic (exact) mass is 351 g/mol. The Balaban J connectivity index is 1.70. The van der Waals surface area contributed by atoms with Gasteiger partial charge in [-0.15, -0.1) is 0 Å². The molecule has 0 aliphatic carbocycles. The van der Waals surface area contributed by atoms with Crippen molar-refractivity contribution >= 4 is 5.96 Å². The van der Waals surface area contributed by atoms with E-state index in [1.165, 1.54) is 11.3 Å². The first kappa shape index (κ1) is 19.7. The number of aliphatic imine (C=N–C) groups is 1. The molecular weight excluding hydrogens is 318 g/mol. The van der Waals surface area contributed by atoms with Crippen molar-refractivity contribution in [2.24, 2.45) is 12.0 Å². The number of guanidine groups is 1. The lowest BCUT2D eigenvalue weighted by Gasteiger charge is -2.12. The number of hydrogen-bond acceptors (Lipinski definition) is 4. The van der Waals surface area contributed by atoms with Crippen LogP contribution in [0.2, 0.25) is 0 Å². The van der Waals surface area contributed by atoms with E-state index in [9.17, 15) is 0 Å². The van der Waals surface area contributed by atoms with Crippen LogP contribution in [0, 0.1) is 13.8 Å². The second-order valence-electron chi connectivity index (χ2n) is 6.46. The Kier molecular flexibility index (Phi) is 8.21. The van der Waals surface area contributed by atoms with Crippen molar-refractivity contribution in [1.82, 2.24) is 20.4 Å². The zero-order valence-electron chi connectivity index (χ0n) is 16.1. The molecule has 25 heavy (non-hydrogen) atoms. The van der Waals surface area contributed by atoms with Crippen LogP contribution in [-0.4, -0.2) is 54.8 Å². The quantitative estimate of drug-likeness (QED) is 0.402. The van der Waals surface area contributed by atoms with Crippen molar-refractivity contribution in [2.75, 3.05) is 32.9 Å². The van der Waals surface area contributed by atoms with Crippen LogP contribution >= 0.6 is 0 Å². The molecule has 1 unspecified atom stereocenters. The minimum absolute atomic E-state index is 0.304. The van der Waals surface area contributed by atoms with Gasteiger partial charge < -0.3 is 20.1 Å². The number of ether oxygens (including phenoxy) is 2. The van der Waals surface area contributed by atoms with Crippen LogP contribution in [0.3, 0.4) is 0 Å². The van der Waals surface area contributed by atoms with Crippen LogP contribution in [0.5, 0.6) is 0 Å². The minimum Gasteiger partial charge on any atom is -0.379 e. The predicted molar refractivity (Wildman–Crippen MR) is 99.9 cm³/mol. The molecule has 0 amide bonds. The van der Waals surface area contributed by atoms with E-state index < -0.39 is 0 Å². The number of nitrogens with one attached hydrogen (secondary N) is 2. The number of rotatable bonds is 9. The zero-order chi connectivity index (χ0) is 18.1. The Bertz CT molecular complexity index is 550. The lowest BCUT2D eigenvalue weighted by molar-refractivity contribution is 0.0168. The lowest BCUT2D eigenvalue weighted by Crippen LogP contribution is -2.38. The Labute approximate surface area is 151 Å². The average molecular weight is 351 g/mol. The molecule has 2 heterocycles. The summed E-state index contributed by atoms with van der Waals surface area (Å²) in [6.07, 6.45) is 3.54. The maximum absolute atomic E-state index is 5.69. The minimum atomic E-state index is 0.304. The van der Waals surface area contributed by atoms with Gasteiger partial charge in [0, 0.05) is 44.6 Å². The van der Waals surface area contributed by atoms with Crippen LogP contribution in [0.1, 0.15) is 43.1 Å². The van der Waals surface area contributed by atoms with Gasteiger partial charge in [0.1, 0.15) is 0 Å². The molecule has 2 rings (SSSR count). The summed E-state index contributed by atoms with van der Waals surface area (Å²) >= 11 is 0. The average Bonchev–Trinajstić information content (AvgIpc) is 3.18. The molecule has 0 bridgehead atoms. The van der Waals surface area contributed by atoms with Gasteiger partial charge in [-0.25, -0.2) is 4.99 Å². The number of aryl methyl sites for hydroxylation is 2. The van der Waals surface area contributed by atoms with Crippen LogP contribution in [0.15, 0.2) is 4.99 Å². The molecule has 0 radical (unpaired) electrons. The van der Waals surface area contributed by atoms with Crippen molar-refractivity contribution in [1.29, 1.82) is 0 Å². The van der Waals surface area contributed by atoms with E-state index in [2.05, 4.69) is 34.6 Å². The Morgan fingerprint density at radius 3 is 2.88 bits per heavy atom. The van der Waals surface area contributed by atoms with Crippen molar-refractivity contribution in [3.05, 3.63) is 17.0 Å². The summed E-state index contributed by atoms with van der Waals surface area (Å²) in [5.74, 6) is 0.837. The summed E-state index contributed by atoms with van der Waals surface area (Å²) < 4.78 is 13.1. The molecule has 2 N–H and O–H groups in total. The fourth-order valence-electron chi connectivity index (χ4n) is 2.92. The van der Waals surface area contributed by atoms with Crippen molar-refractivity contribution in [3.8, 4) is 0 Å². The van der Waals surface area contributed by atoms with E-state index in [-0.39, 0.29) is 0 Å². The van der Waals surface area contributed by atoms with Crippen molar-refractivity contribution < 1.29 is 9.47 Å². The molecular formula is C18H33N5O2. The summed E-state index contributed by atoms with van der Waals surface area (Å²) in [4.78, 5) is 4.68. The van der Waals surface area contributed by atoms with Gasteiger partial charge in [0.15, 0.2) is 5.96 Å². The first-order valence-electron chi connectivity index (χ1n) is 9.32. The van der Waals surface area contributed by atoms with Gasteiger partial charge in [0.2, 0.25) is 0 Å². The molecule has 0 spiro atoms. The Hall–Kier alpha value is -1.60. The second-order valence-corrected chi connectivity index (χ2v) is 6.46. The highest BCUT2D eigenvalue weighted by molar-refractivity contribution is 5.79. The third-order valence-electron chi connectivity index (χ3n) is 4.48. The third kappa shape index (κ3) is 6.32. The van der Waals surface area contributed by atoms with E-state index in [4.69, 9.17) is 9.47 Å². The predicted octanol–water partition coefficient (Wildman–Crippen LogP) is 1.68. The van der Waals surface area contributed by atoms with Gasteiger partial charge in [0.05, 0.1) is 24.9 Å². The highest BCUT2D eigenvalue weighted by atomic mass is 16.5. The Morgan fingerprint density at radius 2 is 2.24 bits per heavy atom. The van der Waals surface area contributed by atoms with E-state index in [1.54, 1.807) is 0 Å². The summed E-state index contributed by atoms with van der Waals surface area (Å²) in [6, 6.07) is 0. The van der Waals surface area contributed by atoms with Crippen LogP contribution in [0.4, 0.5) is 0 Å². The molecule has 7 heteroatoms. The molecule has 0 saturated carbocycles. The van der Waals surface area contributed by atoms with E-state index in [0.717, 1.165) is 57.2 Å². The van der Waals surface area contributed by atoms with Gasteiger partial charge in [-0.3, -0.25) is 4.68 Å². The van der Waals surface area contributed by atoms with Gasteiger partial charge in [-0.05, 0) is 40.0 Å². The van der Waals surface area contributed by atoms with Gasteiger partial charge >= 0.3 is 0 Å². The van der Waals surface area contributed by atoms with Crippen molar-refractivity contribution in [2.45, 2.75) is 52.7 Å². The molecule has 1 atom stereocenters. The largest absolute Gasteiger partial charge is 0.379 e. The number of hydrogen-bond donors (Lipinski definition) is 2. The molecule has 1 aliphatic rings. The SMILES string of the molecule is CCNC(=NCc1c(C)nn(C)c1C)NCCCOCC1CCCO1. The molecule has 0 aromatic carbocycles. The van der Waals surface area contributed by atoms with Gasteiger partial charge in [0.25, 0.3) is 0 Å². The summed E-state index contributed by atoms with van der Waals surface area (Å²) in [7, 11) is 1.97. The van der Waals surface area contributed by atoms with E-state index in [0.29, 0.717) is 19.3 Å². The third-order valence-corrected chi connectivity index (χ3v) is 4.48. The molecule has 7 nitrogen and oxygen atoms in total. The maximum Gasteiger partial charge on any atom is 0.191 e. The molecule has 1 fully saturated rings. The summed E-state index contributed by atoms with van der Waals surface area (Å²) in [6.45, 7) is 10.8. The first-order chi connectivity index (χ1) is 12.1. The maximum atomic E-state index is 5.69. The fraction of sp³-hybridized carbons (Fsp3) is 0.778. The first-order valence-corrected chi connectivity index (χ1v) is 9.32. The highest BCUT2D eigenvalue weighted by Crippen LogP contribution is 2.13. The van der Waals surface area contributed by atoms with Crippen molar-refractivity contribution in [3.63, 3.8) is 0 Å². The van der Waals surface area contributed by atoms with Gasteiger partial charge in [-0.2, -0.15) is 5.10 Å². The van der Waals surface area contributed by atoms with E-state index in [1.807, 2.05) is 18.7 Å². The molecule has 1 aromatic rings. The standard InChI is InChI=1S/C18H33N5O2/c1-5-19-18(21-12-17-14(2)22-23(4)15(17)3)20-9-7-10-24-13-16-8-6-11-25-16/h16H,5-13H2,1-4H3,(H2,19,20,21). The highest BCUT2D eigenvalue weighted by Gasteiger charge is 2.15. The topological polar surface area (TPSA) is 72.7 Å². The van der Waals surface area contributed by atoms with E-state index >= 15 is 0 Å². The fourth-order valence-corrected chi connectivity index (χ4v) is 2.92. The summed E-state index contributed by atoms with van der Waals surface area (Å²) in [5, 5.41) is 11.1. The molecule has 1 aliphatic heterocycles. The second kappa shape index (κ2) is 10.4. The van der Waals surface area contributed by atoms with Crippen LogP contribution in [-0.2, 0) is 23.1 Å². The summed E-state index contributed by atoms with van der Waals surface area (Å²) in [5.41, 5.74) is 3.40. The Morgan fingerprint density at radius 1 is 1.40 bits per heavy atom. The molecule has 142 valence electrons. The number of aromatic nitrogens is 2. The van der Waals surface area contributed by atoms with Crippen LogP contribution < -0.4 is 10.6 Å². The normalized spacial score (nSPS) is 17.9.